The topological polar surface area (TPSA) is 15.7 Å². The Kier molecular flexibility index (Phi) is 3.50. The Morgan fingerprint density at radius 2 is 2.12 bits per heavy atom. The Morgan fingerprint density at radius 1 is 1.24 bits per heavy atom. The van der Waals surface area contributed by atoms with Crippen LogP contribution in [0.5, 0.6) is 0 Å². The van der Waals surface area contributed by atoms with Crippen molar-refractivity contribution < 1.29 is 4.74 Å². The Balaban J connectivity index is 1.47. The molecule has 0 radical (unpaired) electrons. The van der Waals surface area contributed by atoms with Crippen molar-refractivity contribution in [1.29, 1.82) is 0 Å². The maximum absolute atomic E-state index is 5.79. The van der Waals surface area contributed by atoms with Gasteiger partial charge in [0.05, 0.1) is 12.7 Å². The van der Waals surface area contributed by atoms with Crippen molar-refractivity contribution in [3.63, 3.8) is 0 Å². The van der Waals surface area contributed by atoms with Gasteiger partial charge in [-0.1, -0.05) is 6.08 Å². The van der Waals surface area contributed by atoms with Crippen LogP contribution in [0.1, 0.15) is 19.3 Å². The van der Waals surface area contributed by atoms with Crippen molar-refractivity contribution in [2.75, 3.05) is 39.3 Å². The molecular formula is C14H24N2O. The van der Waals surface area contributed by atoms with Crippen LogP contribution in [-0.4, -0.2) is 61.3 Å². The van der Waals surface area contributed by atoms with Gasteiger partial charge in [0.15, 0.2) is 0 Å². The summed E-state index contributed by atoms with van der Waals surface area (Å²) in [5.74, 6) is 1.02. The largest absolute Gasteiger partial charge is 0.373 e. The lowest BCUT2D eigenvalue weighted by Crippen LogP contribution is -2.50. The highest BCUT2D eigenvalue weighted by Crippen LogP contribution is 2.31. The van der Waals surface area contributed by atoms with E-state index in [9.17, 15) is 0 Å². The van der Waals surface area contributed by atoms with Gasteiger partial charge in [-0.05, 0) is 25.2 Å². The standard InChI is InChI=1S/C14H24N2O/c1-2-7-17-14-8-13-10-15(9-12-3-4-12)5-6-16(13)11-14/h2,12-14H,1,3-11H2. The van der Waals surface area contributed by atoms with Crippen LogP contribution in [0.2, 0.25) is 0 Å². The van der Waals surface area contributed by atoms with Gasteiger partial charge in [-0.25, -0.2) is 0 Å². The van der Waals surface area contributed by atoms with E-state index < -0.39 is 0 Å². The number of nitrogens with zero attached hydrogens (tertiary/aromatic N) is 2. The molecule has 3 fully saturated rings. The maximum atomic E-state index is 5.79. The van der Waals surface area contributed by atoms with E-state index in [1.54, 1.807) is 0 Å². The highest BCUT2D eigenvalue weighted by molar-refractivity contribution is 4.93. The molecule has 0 aromatic heterocycles. The van der Waals surface area contributed by atoms with Crippen LogP contribution < -0.4 is 0 Å². The Hall–Kier alpha value is -0.380. The molecule has 2 atom stereocenters. The van der Waals surface area contributed by atoms with E-state index in [2.05, 4.69) is 16.4 Å². The first-order chi connectivity index (χ1) is 8.35. The van der Waals surface area contributed by atoms with E-state index in [0.717, 1.165) is 18.5 Å². The minimum atomic E-state index is 0.443. The van der Waals surface area contributed by atoms with Gasteiger partial charge >= 0.3 is 0 Å². The van der Waals surface area contributed by atoms with Crippen molar-refractivity contribution in [3.05, 3.63) is 12.7 Å². The van der Waals surface area contributed by atoms with Crippen LogP contribution in [0.15, 0.2) is 12.7 Å². The van der Waals surface area contributed by atoms with Gasteiger partial charge in [0.2, 0.25) is 0 Å². The van der Waals surface area contributed by atoms with Gasteiger partial charge < -0.3 is 9.64 Å². The van der Waals surface area contributed by atoms with Crippen molar-refractivity contribution >= 4 is 0 Å². The third-order valence-electron chi connectivity index (χ3n) is 4.32. The van der Waals surface area contributed by atoms with Gasteiger partial charge in [-0.3, -0.25) is 4.90 Å². The molecule has 1 aliphatic carbocycles. The molecule has 0 aromatic carbocycles. The van der Waals surface area contributed by atoms with E-state index in [-0.39, 0.29) is 0 Å². The Bertz CT molecular complexity index is 277. The van der Waals surface area contributed by atoms with Gasteiger partial charge in [0.25, 0.3) is 0 Å². The van der Waals surface area contributed by atoms with Crippen LogP contribution in [0, 0.1) is 5.92 Å². The van der Waals surface area contributed by atoms with Crippen LogP contribution in [0.25, 0.3) is 0 Å². The fourth-order valence-corrected chi connectivity index (χ4v) is 3.22. The normalized spacial score (nSPS) is 34.8. The molecule has 96 valence electrons. The third kappa shape index (κ3) is 2.90. The average molecular weight is 236 g/mol. The zero-order valence-electron chi connectivity index (χ0n) is 10.7. The number of fused-ring (bicyclic) bond motifs is 1. The number of ether oxygens (including phenoxy) is 1. The molecule has 2 saturated heterocycles. The molecule has 0 bridgehead atoms. The molecule has 17 heavy (non-hydrogen) atoms. The van der Waals surface area contributed by atoms with E-state index in [1.165, 1.54) is 45.4 Å². The van der Waals surface area contributed by atoms with Gasteiger partial charge in [0.1, 0.15) is 0 Å². The lowest BCUT2D eigenvalue weighted by Gasteiger charge is -2.37. The molecule has 2 aliphatic heterocycles. The summed E-state index contributed by atoms with van der Waals surface area (Å²) in [6.07, 6.45) is 6.45. The van der Waals surface area contributed by atoms with Gasteiger partial charge in [0, 0.05) is 38.8 Å². The Morgan fingerprint density at radius 3 is 2.88 bits per heavy atom. The first kappa shape index (κ1) is 11.7. The number of rotatable bonds is 5. The third-order valence-corrected chi connectivity index (χ3v) is 4.32. The summed E-state index contributed by atoms with van der Waals surface area (Å²) in [6, 6.07) is 0.748. The lowest BCUT2D eigenvalue weighted by molar-refractivity contribution is 0.0762. The number of hydrogen-bond acceptors (Lipinski definition) is 3. The predicted octanol–water partition coefficient (Wildman–Crippen LogP) is 1.36. The number of piperazine rings is 1. The highest BCUT2D eigenvalue weighted by atomic mass is 16.5. The molecule has 1 saturated carbocycles. The SMILES string of the molecule is C=CCOC1CC2CN(CC3CC3)CCN2C1. The van der Waals surface area contributed by atoms with E-state index in [1.807, 2.05) is 6.08 Å². The van der Waals surface area contributed by atoms with E-state index in [4.69, 9.17) is 4.74 Å². The molecule has 3 rings (SSSR count). The molecule has 3 aliphatic rings. The lowest BCUT2D eigenvalue weighted by atomic mass is 10.1. The summed E-state index contributed by atoms with van der Waals surface area (Å²) in [7, 11) is 0. The fraction of sp³-hybridized carbons (Fsp3) is 0.857. The highest BCUT2D eigenvalue weighted by Gasteiger charge is 2.37. The fourth-order valence-electron chi connectivity index (χ4n) is 3.22. The summed E-state index contributed by atoms with van der Waals surface area (Å²) in [5.41, 5.74) is 0. The second-order valence-corrected chi connectivity index (χ2v) is 5.83. The number of hydrogen-bond donors (Lipinski definition) is 0. The van der Waals surface area contributed by atoms with Crippen LogP contribution >= 0.6 is 0 Å². The predicted molar refractivity (Wildman–Crippen MR) is 69.1 cm³/mol. The zero-order chi connectivity index (χ0) is 11.7. The summed E-state index contributed by atoms with van der Waals surface area (Å²) < 4.78 is 5.79. The zero-order valence-corrected chi connectivity index (χ0v) is 10.7. The summed E-state index contributed by atoms with van der Waals surface area (Å²) in [5, 5.41) is 0. The maximum Gasteiger partial charge on any atom is 0.0721 e. The Labute approximate surface area is 104 Å². The second-order valence-electron chi connectivity index (χ2n) is 5.83. The van der Waals surface area contributed by atoms with E-state index in [0.29, 0.717) is 12.7 Å². The molecule has 0 aromatic rings. The first-order valence-electron chi connectivity index (χ1n) is 7.04. The molecule has 0 amide bonds. The van der Waals surface area contributed by atoms with Crippen molar-refractivity contribution in [3.8, 4) is 0 Å². The van der Waals surface area contributed by atoms with Gasteiger partial charge in [-0.15, -0.1) is 6.58 Å². The van der Waals surface area contributed by atoms with Crippen LogP contribution in [0.4, 0.5) is 0 Å². The van der Waals surface area contributed by atoms with Crippen LogP contribution in [-0.2, 0) is 4.74 Å². The van der Waals surface area contributed by atoms with Crippen LogP contribution in [0.3, 0.4) is 0 Å². The van der Waals surface area contributed by atoms with E-state index >= 15 is 0 Å². The molecule has 0 N–H and O–H groups in total. The molecule has 2 heterocycles. The molecular weight excluding hydrogens is 212 g/mol. The van der Waals surface area contributed by atoms with Gasteiger partial charge in [-0.2, -0.15) is 0 Å². The monoisotopic (exact) mass is 236 g/mol. The van der Waals surface area contributed by atoms with Crippen molar-refractivity contribution in [2.24, 2.45) is 5.92 Å². The minimum Gasteiger partial charge on any atom is -0.373 e. The molecule has 3 heteroatoms. The average Bonchev–Trinajstić information content (AvgIpc) is 3.04. The summed E-state index contributed by atoms with van der Waals surface area (Å²) in [4.78, 5) is 5.30. The summed E-state index contributed by atoms with van der Waals surface area (Å²) in [6.45, 7) is 10.7. The molecule has 2 unspecified atom stereocenters. The molecule has 0 spiro atoms. The second kappa shape index (κ2) is 5.09. The first-order valence-corrected chi connectivity index (χ1v) is 7.04. The smallest absolute Gasteiger partial charge is 0.0721 e. The minimum absolute atomic E-state index is 0.443. The summed E-state index contributed by atoms with van der Waals surface area (Å²) >= 11 is 0. The quantitative estimate of drug-likeness (QED) is 0.670. The van der Waals surface area contributed by atoms with Crippen molar-refractivity contribution in [2.45, 2.75) is 31.4 Å². The van der Waals surface area contributed by atoms with Crippen molar-refractivity contribution in [1.82, 2.24) is 9.80 Å². The molecule has 3 nitrogen and oxygen atoms in total.